The molecular formula is C14H17N3O3S. The fourth-order valence-electron chi connectivity index (χ4n) is 2.02. The summed E-state index contributed by atoms with van der Waals surface area (Å²) in [7, 11) is 1.47. The number of carboxylic acids is 1. The van der Waals surface area contributed by atoms with Gasteiger partial charge in [0.1, 0.15) is 6.04 Å². The van der Waals surface area contributed by atoms with E-state index in [1.54, 1.807) is 6.92 Å². The van der Waals surface area contributed by atoms with E-state index < -0.39 is 18.0 Å². The maximum Gasteiger partial charge on any atom is 0.326 e. The minimum atomic E-state index is -1.02. The van der Waals surface area contributed by atoms with Crippen molar-refractivity contribution in [2.75, 3.05) is 12.4 Å². The predicted molar refractivity (Wildman–Crippen MR) is 82.9 cm³/mol. The van der Waals surface area contributed by atoms with Crippen molar-refractivity contribution in [2.45, 2.75) is 26.3 Å². The van der Waals surface area contributed by atoms with Crippen LogP contribution < -0.4 is 5.32 Å². The van der Waals surface area contributed by atoms with E-state index in [2.05, 4.69) is 10.3 Å². The number of hydrogen-bond donors (Lipinski definition) is 2. The summed E-state index contributed by atoms with van der Waals surface area (Å²) >= 11 is 1.37. The molecule has 1 aromatic heterocycles. The fraction of sp³-hybridized carbons (Fsp3) is 0.357. The summed E-state index contributed by atoms with van der Waals surface area (Å²) in [6.07, 6.45) is 0.346. The summed E-state index contributed by atoms with van der Waals surface area (Å²) in [5.74, 6) is -1.02. The average molecular weight is 307 g/mol. The van der Waals surface area contributed by atoms with Gasteiger partial charge in [0, 0.05) is 7.05 Å². The number of nitrogens with zero attached hydrogens (tertiary/aromatic N) is 2. The van der Waals surface area contributed by atoms with Crippen LogP contribution in [0.15, 0.2) is 18.2 Å². The molecule has 0 bridgehead atoms. The first kappa shape index (κ1) is 15.2. The zero-order chi connectivity index (χ0) is 15.6. The van der Waals surface area contributed by atoms with Gasteiger partial charge in [0.2, 0.25) is 0 Å². The number of hydrogen-bond acceptors (Lipinski definition) is 4. The second kappa shape index (κ2) is 6.09. The lowest BCUT2D eigenvalue weighted by Crippen LogP contribution is -2.44. The SMILES string of the molecule is CCC(C(=O)O)N(C)C(=O)Nc1nc2ccc(C)cc2s1. The summed E-state index contributed by atoms with van der Waals surface area (Å²) in [4.78, 5) is 28.7. The number of anilines is 1. The molecule has 1 unspecified atom stereocenters. The van der Waals surface area contributed by atoms with Gasteiger partial charge in [-0.15, -0.1) is 0 Å². The molecule has 1 atom stereocenters. The average Bonchev–Trinajstić information content (AvgIpc) is 2.80. The molecule has 0 aliphatic carbocycles. The summed E-state index contributed by atoms with van der Waals surface area (Å²) in [6, 6.07) is 4.53. The van der Waals surface area contributed by atoms with Gasteiger partial charge in [0.25, 0.3) is 0 Å². The summed E-state index contributed by atoms with van der Waals surface area (Å²) in [6.45, 7) is 3.72. The molecule has 112 valence electrons. The molecule has 2 aromatic rings. The van der Waals surface area contributed by atoms with Gasteiger partial charge in [-0.2, -0.15) is 0 Å². The summed E-state index contributed by atoms with van der Waals surface area (Å²) in [5.41, 5.74) is 1.94. The van der Waals surface area contributed by atoms with Crippen LogP contribution in [0.1, 0.15) is 18.9 Å². The van der Waals surface area contributed by atoms with E-state index in [1.165, 1.54) is 23.3 Å². The van der Waals surface area contributed by atoms with Crippen molar-refractivity contribution in [3.8, 4) is 0 Å². The molecule has 7 heteroatoms. The number of likely N-dealkylation sites (N-methyl/N-ethyl adjacent to an activating group) is 1. The number of rotatable bonds is 4. The van der Waals surface area contributed by atoms with Crippen molar-refractivity contribution < 1.29 is 14.7 Å². The number of thiazole rings is 1. The minimum Gasteiger partial charge on any atom is -0.480 e. The number of nitrogens with one attached hydrogen (secondary N) is 1. The second-order valence-corrected chi connectivity index (χ2v) is 5.82. The van der Waals surface area contributed by atoms with Crippen molar-refractivity contribution in [1.82, 2.24) is 9.88 Å². The Bertz CT molecular complexity index is 683. The number of aliphatic carboxylic acids is 1. The fourth-order valence-corrected chi connectivity index (χ4v) is 2.97. The third-order valence-corrected chi connectivity index (χ3v) is 4.15. The highest BCUT2D eigenvalue weighted by Gasteiger charge is 2.25. The van der Waals surface area contributed by atoms with E-state index in [1.807, 2.05) is 25.1 Å². The molecule has 21 heavy (non-hydrogen) atoms. The summed E-state index contributed by atoms with van der Waals surface area (Å²) in [5, 5.41) is 12.2. The molecule has 6 nitrogen and oxygen atoms in total. The van der Waals surface area contributed by atoms with Gasteiger partial charge in [0.15, 0.2) is 5.13 Å². The molecule has 1 heterocycles. The first-order valence-corrected chi connectivity index (χ1v) is 7.37. The van der Waals surface area contributed by atoms with Gasteiger partial charge in [0.05, 0.1) is 10.2 Å². The zero-order valence-electron chi connectivity index (χ0n) is 12.1. The van der Waals surface area contributed by atoms with Crippen molar-refractivity contribution >= 4 is 38.7 Å². The molecule has 1 aromatic carbocycles. The van der Waals surface area contributed by atoms with Gasteiger partial charge in [-0.25, -0.2) is 14.6 Å². The Kier molecular flexibility index (Phi) is 4.42. The van der Waals surface area contributed by atoms with E-state index in [-0.39, 0.29) is 0 Å². The molecule has 2 rings (SSSR count). The van der Waals surface area contributed by atoms with Gasteiger partial charge >= 0.3 is 12.0 Å². The Labute approximate surface area is 126 Å². The largest absolute Gasteiger partial charge is 0.480 e. The van der Waals surface area contributed by atoms with Crippen LogP contribution in [0.25, 0.3) is 10.2 Å². The van der Waals surface area contributed by atoms with Gasteiger partial charge < -0.3 is 10.0 Å². The van der Waals surface area contributed by atoms with Gasteiger partial charge in [-0.1, -0.05) is 24.3 Å². The smallest absolute Gasteiger partial charge is 0.326 e. The Balaban J connectivity index is 2.15. The van der Waals surface area contributed by atoms with Crippen LogP contribution in [-0.4, -0.2) is 40.1 Å². The lowest BCUT2D eigenvalue weighted by molar-refractivity contribution is -0.141. The Morgan fingerprint density at radius 3 is 2.81 bits per heavy atom. The Morgan fingerprint density at radius 1 is 1.48 bits per heavy atom. The first-order valence-electron chi connectivity index (χ1n) is 6.56. The number of aromatic nitrogens is 1. The molecule has 0 saturated carbocycles. The molecule has 0 spiro atoms. The predicted octanol–water partition coefficient (Wildman–Crippen LogP) is 2.93. The maximum absolute atomic E-state index is 12.1. The topological polar surface area (TPSA) is 82.5 Å². The number of carbonyl (C=O) groups is 2. The quantitative estimate of drug-likeness (QED) is 0.909. The van der Waals surface area contributed by atoms with Crippen LogP contribution in [-0.2, 0) is 4.79 Å². The summed E-state index contributed by atoms with van der Waals surface area (Å²) < 4.78 is 0.984. The van der Waals surface area contributed by atoms with E-state index in [0.717, 1.165) is 15.8 Å². The Morgan fingerprint density at radius 2 is 2.19 bits per heavy atom. The van der Waals surface area contributed by atoms with Crippen molar-refractivity contribution in [2.24, 2.45) is 0 Å². The lowest BCUT2D eigenvalue weighted by Gasteiger charge is -2.23. The standard InChI is InChI=1S/C14H17N3O3S/c1-4-10(12(18)19)17(3)14(20)16-13-15-9-6-5-8(2)7-11(9)21-13/h5-7,10H,4H2,1-3H3,(H,18,19)(H,15,16,20). The number of urea groups is 1. The molecule has 2 N–H and O–H groups in total. The second-order valence-electron chi connectivity index (χ2n) is 4.79. The highest BCUT2D eigenvalue weighted by molar-refractivity contribution is 7.22. The molecule has 0 aliphatic heterocycles. The van der Waals surface area contributed by atoms with Crippen LogP contribution in [0.5, 0.6) is 0 Å². The number of benzene rings is 1. The van der Waals surface area contributed by atoms with Crippen LogP contribution in [0, 0.1) is 6.92 Å². The zero-order valence-corrected chi connectivity index (χ0v) is 12.9. The van der Waals surface area contributed by atoms with Crippen molar-refractivity contribution in [3.05, 3.63) is 23.8 Å². The van der Waals surface area contributed by atoms with E-state index in [9.17, 15) is 9.59 Å². The number of amides is 2. The third-order valence-electron chi connectivity index (χ3n) is 3.22. The number of carbonyl (C=O) groups excluding carboxylic acids is 1. The number of aryl methyl sites for hydroxylation is 1. The van der Waals surface area contributed by atoms with E-state index in [0.29, 0.717) is 11.6 Å². The minimum absolute atomic E-state index is 0.346. The van der Waals surface area contributed by atoms with Crippen LogP contribution in [0.2, 0.25) is 0 Å². The lowest BCUT2D eigenvalue weighted by atomic mass is 10.2. The van der Waals surface area contributed by atoms with Gasteiger partial charge in [-0.05, 0) is 31.0 Å². The highest BCUT2D eigenvalue weighted by Crippen LogP contribution is 2.26. The molecule has 0 saturated heterocycles. The van der Waals surface area contributed by atoms with Gasteiger partial charge in [-0.3, -0.25) is 5.32 Å². The number of fused-ring (bicyclic) bond motifs is 1. The maximum atomic E-state index is 12.1. The van der Waals surface area contributed by atoms with E-state index >= 15 is 0 Å². The van der Waals surface area contributed by atoms with Crippen LogP contribution >= 0.6 is 11.3 Å². The normalized spacial score (nSPS) is 12.1. The molecule has 0 radical (unpaired) electrons. The van der Waals surface area contributed by atoms with Crippen LogP contribution in [0.4, 0.5) is 9.93 Å². The first-order chi connectivity index (χ1) is 9.92. The Hall–Kier alpha value is -2.15. The molecule has 0 fully saturated rings. The molecule has 2 amide bonds. The molecular weight excluding hydrogens is 290 g/mol. The van der Waals surface area contributed by atoms with Crippen molar-refractivity contribution in [3.63, 3.8) is 0 Å². The molecule has 0 aliphatic rings. The number of carboxylic acid groups (broad SMARTS) is 1. The van der Waals surface area contributed by atoms with E-state index in [4.69, 9.17) is 5.11 Å². The van der Waals surface area contributed by atoms with Crippen LogP contribution in [0.3, 0.4) is 0 Å². The highest BCUT2D eigenvalue weighted by atomic mass is 32.1. The monoisotopic (exact) mass is 307 g/mol. The third kappa shape index (κ3) is 3.30. The van der Waals surface area contributed by atoms with Crippen molar-refractivity contribution in [1.29, 1.82) is 0 Å².